The molecule has 1 aliphatic heterocycles. The van der Waals surface area contributed by atoms with E-state index in [4.69, 9.17) is 4.52 Å². The summed E-state index contributed by atoms with van der Waals surface area (Å²) in [5.74, 6) is -1.83. The van der Waals surface area contributed by atoms with Crippen LogP contribution < -0.4 is 16.0 Å². The Hall–Kier alpha value is -3.02. The van der Waals surface area contributed by atoms with Crippen LogP contribution in [-0.4, -0.2) is 73.8 Å². The number of carbonyl (C=O) groups excluding carboxylic acids is 4. The van der Waals surface area contributed by atoms with E-state index in [1.807, 2.05) is 27.7 Å². The third-order valence-corrected chi connectivity index (χ3v) is 10.1. The van der Waals surface area contributed by atoms with E-state index >= 15 is 0 Å². The molecule has 4 amide bonds. The van der Waals surface area contributed by atoms with Crippen molar-refractivity contribution in [3.05, 3.63) is 24.3 Å². The quantitative estimate of drug-likeness (QED) is 0.196. The van der Waals surface area contributed by atoms with E-state index in [2.05, 4.69) is 39.8 Å². The zero-order valence-corrected chi connectivity index (χ0v) is 28.0. The first-order valence-electron chi connectivity index (χ1n) is 16.0. The summed E-state index contributed by atoms with van der Waals surface area (Å²) in [6.07, 6.45) is 9.07. The number of rotatable bonds is 12. The van der Waals surface area contributed by atoms with Crippen molar-refractivity contribution >= 4 is 31.9 Å². The normalized spacial score (nSPS) is 24.9. The second-order valence-corrected chi connectivity index (χ2v) is 14.9. The summed E-state index contributed by atoms with van der Waals surface area (Å²) < 4.78 is 16.4. The van der Waals surface area contributed by atoms with Crippen LogP contribution in [0.3, 0.4) is 0 Å². The van der Waals surface area contributed by atoms with E-state index in [0.29, 0.717) is 19.3 Å². The van der Waals surface area contributed by atoms with Crippen molar-refractivity contribution in [3.8, 4) is 0 Å². The molecule has 0 radical (unpaired) electrons. The molecule has 1 saturated heterocycles. The minimum atomic E-state index is -2.93. The van der Waals surface area contributed by atoms with Crippen LogP contribution in [0.2, 0.25) is 0 Å². The summed E-state index contributed by atoms with van der Waals surface area (Å²) in [7, 11) is -2.93. The summed E-state index contributed by atoms with van der Waals surface area (Å²) in [5.41, 5.74) is -0.847. The Labute approximate surface area is 266 Å². The van der Waals surface area contributed by atoms with Crippen LogP contribution in [0.15, 0.2) is 18.6 Å². The zero-order valence-electron chi connectivity index (χ0n) is 27.1. The van der Waals surface area contributed by atoms with Gasteiger partial charge in [0.15, 0.2) is 6.23 Å². The number of hydrogen-bond acceptors (Lipinski definition) is 8. The molecule has 248 valence electrons. The van der Waals surface area contributed by atoms with Crippen LogP contribution in [0.25, 0.3) is 0 Å². The maximum absolute atomic E-state index is 14.5. The number of fused-ring (bicyclic) bond motifs is 1. The number of aromatic nitrogens is 2. The highest BCUT2D eigenvalue weighted by atomic mass is 31.1. The number of carbonyl (C=O) groups is 4. The van der Waals surface area contributed by atoms with Crippen LogP contribution in [0.1, 0.15) is 103 Å². The fourth-order valence-corrected chi connectivity index (χ4v) is 7.45. The molecule has 2 heterocycles. The van der Waals surface area contributed by atoms with Crippen LogP contribution >= 0.6 is 8.25 Å². The van der Waals surface area contributed by atoms with Crippen molar-refractivity contribution in [3.63, 3.8) is 0 Å². The van der Waals surface area contributed by atoms with Crippen molar-refractivity contribution in [2.75, 3.05) is 0 Å². The fraction of sp³-hybridized carbons (Fsp3) is 0.742. The Balaban J connectivity index is 1.58. The van der Waals surface area contributed by atoms with Gasteiger partial charge in [0.25, 0.3) is 5.91 Å². The molecule has 3 fully saturated rings. The van der Waals surface area contributed by atoms with Crippen molar-refractivity contribution in [2.45, 2.75) is 123 Å². The maximum Gasteiger partial charge on any atom is 0.696 e. The molecule has 0 bridgehead atoms. The van der Waals surface area contributed by atoms with Crippen LogP contribution in [0.5, 0.6) is 0 Å². The Kier molecular flexibility index (Phi) is 11.0. The van der Waals surface area contributed by atoms with Gasteiger partial charge in [-0.15, -0.1) is 4.89 Å². The Morgan fingerprint density at radius 2 is 1.80 bits per heavy atom. The molecule has 2 saturated carbocycles. The lowest BCUT2D eigenvalue weighted by Crippen LogP contribution is -2.62. The van der Waals surface area contributed by atoms with Gasteiger partial charge in [-0.25, -0.2) is 4.98 Å². The van der Waals surface area contributed by atoms with Crippen LogP contribution in [-0.2, 0) is 23.5 Å². The highest BCUT2D eigenvalue weighted by Crippen LogP contribution is 2.62. The van der Waals surface area contributed by atoms with Gasteiger partial charge in [-0.05, 0) is 48.3 Å². The van der Waals surface area contributed by atoms with Gasteiger partial charge >= 0.3 is 8.25 Å². The first-order chi connectivity index (χ1) is 21.2. The van der Waals surface area contributed by atoms with Crippen molar-refractivity contribution < 1.29 is 33.2 Å². The Bertz CT molecular complexity index is 1270. The van der Waals surface area contributed by atoms with E-state index in [1.54, 1.807) is 4.90 Å². The lowest BCUT2D eigenvalue weighted by molar-refractivity contribution is -0.147. The third-order valence-electron chi connectivity index (χ3n) is 9.62. The fourth-order valence-electron chi connectivity index (χ4n) is 7.08. The molecular weight excluding hydrogens is 599 g/mol. The third kappa shape index (κ3) is 8.04. The summed E-state index contributed by atoms with van der Waals surface area (Å²) in [6, 6.07) is -2.91. The Morgan fingerprint density at radius 3 is 2.38 bits per heavy atom. The number of nitrogens with one attached hydrogen (secondary N) is 3. The highest BCUT2D eigenvalue weighted by molar-refractivity contribution is 7.32. The second kappa shape index (κ2) is 14.2. The van der Waals surface area contributed by atoms with E-state index in [1.165, 1.54) is 18.6 Å². The van der Waals surface area contributed by atoms with Gasteiger partial charge in [0, 0.05) is 23.0 Å². The summed E-state index contributed by atoms with van der Waals surface area (Å²) in [4.78, 5) is 74.2. The lowest BCUT2D eigenvalue weighted by atomic mass is 9.82. The molecule has 1 aromatic heterocycles. The van der Waals surface area contributed by atoms with E-state index in [0.717, 1.165) is 32.1 Å². The van der Waals surface area contributed by atoms with E-state index in [-0.39, 0.29) is 34.9 Å². The molecule has 4 rings (SSSR count). The number of hydrogen-bond donors (Lipinski definition) is 4. The average Bonchev–Trinajstić information content (AvgIpc) is 3.29. The van der Waals surface area contributed by atoms with Gasteiger partial charge in [-0.3, -0.25) is 24.2 Å². The van der Waals surface area contributed by atoms with Gasteiger partial charge < -0.3 is 20.9 Å². The summed E-state index contributed by atoms with van der Waals surface area (Å²) in [5, 5.41) is 8.58. The largest absolute Gasteiger partial charge is 0.696 e. The lowest BCUT2D eigenvalue weighted by Gasteiger charge is -2.39. The molecule has 4 N–H and O–H groups in total. The second-order valence-electron chi connectivity index (χ2n) is 14.2. The molecule has 2 aliphatic carbocycles. The molecule has 7 atom stereocenters. The smallest absolute Gasteiger partial charge is 0.342 e. The monoisotopic (exact) mass is 647 g/mol. The molecule has 2 unspecified atom stereocenters. The number of piperidine rings is 1. The molecule has 14 heteroatoms. The molecule has 45 heavy (non-hydrogen) atoms. The molecule has 13 nitrogen and oxygen atoms in total. The van der Waals surface area contributed by atoms with E-state index in [9.17, 15) is 28.6 Å². The van der Waals surface area contributed by atoms with Crippen molar-refractivity contribution in [1.82, 2.24) is 30.8 Å². The van der Waals surface area contributed by atoms with Crippen LogP contribution in [0.4, 0.5) is 0 Å². The molecular formula is C31H48N6O7P+. The van der Waals surface area contributed by atoms with Gasteiger partial charge in [0.2, 0.25) is 17.7 Å². The molecule has 0 aromatic carbocycles. The predicted octanol–water partition coefficient (Wildman–Crippen LogP) is 3.22. The maximum atomic E-state index is 14.5. The minimum absolute atomic E-state index is 0.0924. The minimum Gasteiger partial charge on any atom is -0.342 e. The van der Waals surface area contributed by atoms with Gasteiger partial charge in [0.05, 0.1) is 6.20 Å². The van der Waals surface area contributed by atoms with Crippen molar-refractivity contribution in [2.24, 2.45) is 22.7 Å². The number of nitrogens with zero attached hydrogens (tertiary/aromatic N) is 3. The average molecular weight is 648 g/mol. The van der Waals surface area contributed by atoms with Gasteiger partial charge in [0.1, 0.15) is 23.8 Å². The Morgan fingerprint density at radius 1 is 1.11 bits per heavy atom. The standard InChI is InChI=1S/C31H47N6O7P/c1-7-11-22(44-45(42)43)34-27(39)21-16-19-25(31(19,5)6)37(21)29(41)24(30(2,3)4)36-28(40)23(18-12-9-8-10-13-18)35-26(38)20-17-32-14-15-33-20/h14-15,17-19,21-25H,7-13,16H2,1-6H3,(H3-,34,35,36,38,39,40,42,43)/p+1/t19-,21?,22+,23-,24+,25+/m0/s1. The first-order valence-corrected chi connectivity index (χ1v) is 17.1. The summed E-state index contributed by atoms with van der Waals surface area (Å²) >= 11 is 0. The number of likely N-dealkylation sites (tertiary alicyclic amines) is 1. The zero-order chi connectivity index (χ0) is 33.1. The predicted molar refractivity (Wildman–Crippen MR) is 165 cm³/mol. The van der Waals surface area contributed by atoms with Crippen molar-refractivity contribution in [1.29, 1.82) is 0 Å². The molecule has 1 aromatic rings. The highest BCUT2D eigenvalue weighted by Gasteiger charge is 2.69. The van der Waals surface area contributed by atoms with Gasteiger partial charge in [-0.1, -0.05) is 71.7 Å². The molecule has 0 spiro atoms. The van der Waals surface area contributed by atoms with Gasteiger partial charge in [-0.2, -0.15) is 0 Å². The SMILES string of the molecule is CCC[C@H](NC(=O)C1C[C@H]2[C@@H](N1C(=O)[C@@H](NC(=O)[C@@H](NC(=O)c1cnccn1)C1CCCCC1)C(C)(C)C)C2(C)C)O[P+](=O)O. The number of amides is 4. The summed E-state index contributed by atoms with van der Waals surface area (Å²) in [6.45, 7) is 11.5. The van der Waals surface area contributed by atoms with Crippen LogP contribution in [0, 0.1) is 22.7 Å². The molecule has 3 aliphatic rings. The topological polar surface area (TPSA) is 180 Å². The first kappa shape index (κ1) is 34.8. The van der Waals surface area contributed by atoms with E-state index < -0.39 is 55.7 Å².